The van der Waals surface area contributed by atoms with Gasteiger partial charge in [-0.25, -0.2) is 9.36 Å². The van der Waals surface area contributed by atoms with Gasteiger partial charge in [-0.1, -0.05) is 6.92 Å². The molecule has 0 unspecified atom stereocenters. The molecule has 0 spiro atoms. The summed E-state index contributed by atoms with van der Waals surface area (Å²) < 4.78 is 19.5. The predicted molar refractivity (Wildman–Crippen MR) is 117 cm³/mol. The van der Waals surface area contributed by atoms with E-state index < -0.39 is 23.8 Å². The first-order chi connectivity index (χ1) is 15.3. The van der Waals surface area contributed by atoms with Crippen LogP contribution in [0.5, 0.6) is 11.5 Å². The van der Waals surface area contributed by atoms with Gasteiger partial charge in [0.25, 0.3) is 5.56 Å². The molecule has 0 saturated heterocycles. The van der Waals surface area contributed by atoms with Crippen molar-refractivity contribution in [3.05, 3.63) is 39.0 Å². The highest BCUT2D eigenvalue weighted by Gasteiger charge is 2.31. The fraction of sp³-hybridized carbons (Fsp3) is 0.429. The van der Waals surface area contributed by atoms with Crippen LogP contribution in [0.1, 0.15) is 6.92 Å². The SMILES string of the molecule is COC(=O)Cn1c(=O)c2c(nc3n2C[C@H](C)CN3c2ccc(OC)cc2OC)n(C)c1=O. The van der Waals surface area contributed by atoms with E-state index in [4.69, 9.17) is 9.47 Å². The molecule has 0 amide bonds. The maximum absolute atomic E-state index is 13.3. The minimum Gasteiger partial charge on any atom is -0.497 e. The zero-order valence-corrected chi connectivity index (χ0v) is 18.6. The van der Waals surface area contributed by atoms with Gasteiger partial charge in [-0.3, -0.25) is 14.2 Å². The number of rotatable bonds is 5. The van der Waals surface area contributed by atoms with Crippen molar-refractivity contribution in [2.75, 3.05) is 32.8 Å². The van der Waals surface area contributed by atoms with Crippen LogP contribution in [0.4, 0.5) is 11.6 Å². The van der Waals surface area contributed by atoms with Crippen LogP contribution in [0.3, 0.4) is 0 Å². The van der Waals surface area contributed by atoms with E-state index in [1.54, 1.807) is 24.9 Å². The normalized spacial score (nSPS) is 15.5. The van der Waals surface area contributed by atoms with E-state index in [9.17, 15) is 14.4 Å². The minimum atomic E-state index is -0.681. The molecule has 0 aliphatic carbocycles. The molecular weight excluding hydrogens is 418 g/mol. The Morgan fingerprint density at radius 1 is 1.16 bits per heavy atom. The lowest BCUT2D eigenvalue weighted by Gasteiger charge is -2.33. The molecule has 11 nitrogen and oxygen atoms in total. The lowest BCUT2D eigenvalue weighted by molar-refractivity contribution is -0.141. The number of esters is 1. The first-order valence-electron chi connectivity index (χ1n) is 10.1. The number of carbonyl (C=O) groups excluding carboxylic acids is 1. The van der Waals surface area contributed by atoms with Crippen LogP contribution in [0, 0.1) is 5.92 Å². The van der Waals surface area contributed by atoms with Crippen molar-refractivity contribution in [1.82, 2.24) is 18.7 Å². The van der Waals surface area contributed by atoms with Crippen LogP contribution in [0.2, 0.25) is 0 Å². The smallest absolute Gasteiger partial charge is 0.333 e. The van der Waals surface area contributed by atoms with Crippen molar-refractivity contribution in [1.29, 1.82) is 0 Å². The quantitative estimate of drug-likeness (QED) is 0.535. The summed E-state index contributed by atoms with van der Waals surface area (Å²) >= 11 is 0. The first-order valence-corrected chi connectivity index (χ1v) is 10.1. The Bertz CT molecular complexity index is 1320. The molecule has 4 rings (SSSR count). The Hall–Kier alpha value is -3.76. The fourth-order valence-corrected chi connectivity index (χ4v) is 4.05. The summed E-state index contributed by atoms with van der Waals surface area (Å²) in [6.45, 7) is 2.76. The van der Waals surface area contributed by atoms with E-state index in [-0.39, 0.29) is 17.1 Å². The average molecular weight is 443 g/mol. The standard InChI is InChI=1S/C21H25N5O6/c1-12-9-24(14-7-6-13(30-3)8-15(14)31-4)20-22-18-17(25(20)10-12)19(28)26(11-16(27)32-5)21(29)23(18)2/h6-8,12H,9-11H2,1-5H3/t12-/m1/s1. The van der Waals surface area contributed by atoms with E-state index in [0.717, 1.165) is 10.3 Å². The predicted octanol–water partition coefficient (Wildman–Crippen LogP) is 0.875. The number of methoxy groups -OCH3 is 3. The summed E-state index contributed by atoms with van der Waals surface area (Å²) in [4.78, 5) is 44.4. The van der Waals surface area contributed by atoms with Gasteiger partial charge in [0.05, 0.1) is 27.0 Å². The fourth-order valence-electron chi connectivity index (χ4n) is 4.05. The van der Waals surface area contributed by atoms with Gasteiger partial charge in [-0.2, -0.15) is 4.98 Å². The Kier molecular flexibility index (Phi) is 5.41. The second-order valence-electron chi connectivity index (χ2n) is 7.76. The van der Waals surface area contributed by atoms with Gasteiger partial charge >= 0.3 is 11.7 Å². The van der Waals surface area contributed by atoms with E-state index in [2.05, 4.69) is 16.6 Å². The molecule has 170 valence electrons. The molecule has 11 heteroatoms. The maximum Gasteiger partial charge on any atom is 0.333 e. The van der Waals surface area contributed by atoms with Gasteiger partial charge in [0, 0.05) is 26.2 Å². The molecule has 1 atom stereocenters. The van der Waals surface area contributed by atoms with Crippen LogP contribution in [-0.4, -0.2) is 52.5 Å². The number of aromatic nitrogens is 4. The molecular formula is C21H25N5O6. The summed E-state index contributed by atoms with van der Waals surface area (Å²) in [7, 11) is 5.89. The minimum absolute atomic E-state index is 0.164. The number of anilines is 2. The second kappa shape index (κ2) is 8.06. The number of hydrogen-bond acceptors (Lipinski definition) is 8. The van der Waals surface area contributed by atoms with Crippen LogP contribution >= 0.6 is 0 Å². The number of aryl methyl sites for hydroxylation is 1. The third-order valence-electron chi connectivity index (χ3n) is 5.63. The molecule has 1 aliphatic rings. The molecule has 0 radical (unpaired) electrons. The lowest BCUT2D eigenvalue weighted by atomic mass is 10.1. The molecule has 0 fully saturated rings. The van der Waals surface area contributed by atoms with E-state index in [1.165, 1.54) is 18.7 Å². The van der Waals surface area contributed by atoms with Gasteiger partial charge in [0.15, 0.2) is 11.2 Å². The molecule has 1 aromatic carbocycles. The number of benzene rings is 1. The highest BCUT2D eigenvalue weighted by Crippen LogP contribution is 2.39. The van der Waals surface area contributed by atoms with Gasteiger partial charge in [0.1, 0.15) is 18.0 Å². The Morgan fingerprint density at radius 3 is 2.56 bits per heavy atom. The molecule has 2 aromatic heterocycles. The first kappa shape index (κ1) is 21.5. The van der Waals surface area contributed by atoms with E-state index in [1.807, 2.05) is 17.0 Å². The number of ether oxygens (including phenoxy) is 3. The lowest BCUT2D eigenvalue weighted by Crippen LogP contribution is -2.42. The number of hydrogen-bond donors (Lipinski definition) is 0. The summed E-state index contributed by atoms with van der Waals surface area (Å²) in [5, 5.41) is 0. The third-order valence-corrected chi connectivity index (χ3v) is 5.63. The molecule has 32 heavy (non-hydrogen) atoms. The number of nitrogens with zero attached hydrogens (tertiary/aromatic N) is 5. The monoisotopic (exact) mass is 443 g/mol. The van der Waals surface area contributed by atoms with E-state index in [0.29, 0.717) is 30.5 Å². The summed E-state index contributed by atoms with van der Waals surface area (Å²) in [5.74, 6) is 1.24. The van der Waals surface area contributed by atoms with Crippen LogP contribution < -0.4 is 25.6 Å². The highest BCUT2D eigenvalue weighted by atomic mass is 16.5. The molecule has 3 heterocycles. The van der Waals surface area contributed by atoms with Crippen LogP contribution in [0.25, 0.3) is 11.2 Å². The van der Waals surface area contributed by atoms with Crippen molar-refractivity contribution in [3.8, 4) is 11.5 Å². The van der Waals surface area contributed by atoms with Gasteiger partial charge < -0.3 is 23.7 Å². The van der Waals surface area contributed by atoms with E-state index >= 15 is 0 Å². The average Bonchev–Trinajstić information content (AvgIpc) is 3.18. The second-order valence-corrected chi connectivity index (χ2v) is 7.76. The van der Waals surface area contributed by atoms with Crippen LogP contribution in [-0.2, 0) is 29.7 Å². The summed E-state index contributed by atoms with van der Waals surface area (Å²) in [6, 6.07) is 5.47. The highest BCUT2D eigenvalue weighted by molar-refractivity contribution is 5.79. The number of imidazole rings is 1. The topological polar surface area (TPSA) is 110 Å². The Morgan fingerprint density at radius 2 is 1.91 bits per heavy atom. The summed E-state index contributed by atoms with van der Waals surface area (Å²) in [5.41, 5.74) is 0.0574. The molecule has 0 bridgehead atoms. The van der Waals surface area contributed by atoms with Crippen molar-refractivity contribution in [2.24, 2.45) is 13.0 Å². The Labute approximate surface area is 183 Å². The number of carbonyl (C=O) groups is 1. The van der Waals surface area contributed by atoms with Gasteiger partial charge in [0.2, 0.25) is 5.95 Å². The molecule has 0 saturated carbocycles. The third kappa shape index (κ3) is 3.29. The molecule has 1 aliphatic heterocycles. The van der Waals surface area contributed by atoms with Crippen molar-refractivity contribution >= 4 is 28.8 Å². The molecule has 0 N–H and O–H groups in total. The largest absolute Gasteiger partial charge is 0.497 e. The molecule has 3 aromatic rings. The Balaban J connectivity index is 1.97. The maximum atomic E-state index is 13.3. The van der Waals surface area contributed by atoms with Crippen molar-refractivity contribution in [3.63, 3.8) is 0 Å². The summed E-state index contributed by atoms with van der Waals surface area (Å²) in [6.07, 6.45) is 0. The van der Waals surface area contributed by atoms with Crippen LogP contribution in [0.15, 0.2) is 27.8 Å². The van der Waals surface area contributed by atoms with Gasteiger partial charge in [-0.15, -0.1) is 0 Å². The van der Waals surface area contributed by atoms with Crippen molar-refractivity contribution < 1.29 is 19.0 Å². The van der Waals surface area contributed by atoms with Crippen molar-refractivity contribution in [2.45, 2.75) is 20.0 Å². The van der Waals surface area contributed by atoms with Gasteiger partial charge in [-0.05, 0) is 18.1 Å². The zero-order valence-electron chi connectivity index (χ0n) is 18.6. The zero-order chi connectivity index (χ0) is 23.2. The number of fused-ring (bicyclic) bond motifs is 3.